The van der Waals surface area contributed by atoms with Crippen molar-refractivity contribution in [1.29, 1.82) is 0 Å². The van der Waals surface area contributed by atoms with Gasteiger partial charge in [-0.15, -0.1) is 0 Å². The first-order valence-electron chi connectivity index (χ1n) is 7.79. The molecule has 3 nitrogen and oxygen atoms in total. The maximum atomic E-state index is 5.97. The number of halogens is 2. The molecule has 0 bridgehead atoms. The lowest BCUT2D eigenvalue weighted by Crippen LogP contribution is -2.39. The van der Waals surface area contributed by atoms with E-state index in [2.05, 4.69) is 22.5 Å². The molecule has 1 saturated heterocycles. The molecule has 0 unspecified atom stereocenters. The fourth-order valence-electron chi connectivity index (χ4n) is 2.78. The highest BCUT2D eigenvalue weighted by molar-refractivity contribution is 7.80. The highest BCUT2D eigenvalue weighted by Crippen LogP contribution is 2.22. The summed E-state index contributed by atoms with van der Waals surface area (Å²) in [6.45, 7) is 5.54. The number of hydrogen-bond acceptors (Lipinski definition) is 2. The van der Waals surface area contributed by atoms with Crippen molar-refractivity contribution in [2.24, 2.45) is 0 Å². The third kappa shape index (κ3) is 5.92. The second kappa shape index (κ2) is 8.92. The van der Waals surface area contributed by atoms with Gasteiger partial charge >= 0.3 is 0 Å². The summed E-state index contributed by atoms with van der Waals surface area (Å²) in [6, 6.07) is 6.02. The molecule has 122 valence electrons. The summed E-state index contributed by atoms with van der Waals surface area (Å²) in [6.07, 6.45) is 5.10. The summed E-state index contributed by atoms with van der Waals surface area (Å²) in [4.78, 5) is 2.57. The van der Waals surface area contributed by atoms with Crippen LogP contribution in [0.5, 0.6) is 0 Å². The Labute approximate surface area is 148 Å². The van der Waals surface area contributed by atoms with Gasteiger partial charge in [0, 0.05) is 34.9 Å². The van der Waals surface area contributed by atoms with Crippen molar-refractivity contribution in [2.45, 2.75) is 38.6 Å². The van der Waals surface area contributed by atoms with E-state index in [1.54, 1.807) is 18.2 Å². The van der Waals surface area contributed by atoms with E-state index in [4.69, 9.17) is 35.4 Å². The van der Waals surface area contributed by atoms with Crippen molar-refractivity contribution in [2.75, 3.05) is 25.0 Å². The molecular weight excluding hydrogens is 337 g/mol. The monoisotopic (exact) mass is 359 g/mol. The van der Waals surface area contributed by atoms with E-state index in [9.17, 15) is 0 Å². The Morgan fingerprint density at radius 2 is 2.00 bits per heavy atom. The minimum absolute atomic E-state index is 0.594. The van der Waals surface area contributed by atoms with E-state index in [1.165, 1.54) is 25.8 Å². The van der Waals surface area contributed by atoms with E-state index in [0.29, 0.717) is 21.2 Å². The average Bonchev–Trinajstić information content (AvgIpc) is 2.44. The van der Waals surface area contributed by atoms with Gasteiger partial charge in [-0.2, -0.15) is 0 Å². The molecular formula is C16H23Cl2N3S. The first-order valence-corrected chi connectivity index (χ1v) is 8.96. The fourth-order valence-corrected chi connectivity index (χ4v) is 3.52. The van der Waals surface area contributed by atoms with Gasteiger partial charge in [-0.3, -0.25) is 0 Å². The van der Waals surface area contributed by atoms with Crippen LogP contribution in [0, 0.1) is 0 Å². The van der Waals surface area contributed by atoms with Crippen LogP contribution in [0.1, 0.15) is 32.6 Å². The summed E-state index contributed by atoms with van der Waals surface area (Å²) in [7, 11) is 0. The van der Waals surface area contributed by atoms with E-state index in [0.717, 1.165) is 25.2 Å². The zero-order valence-corrected chi connectivity index (χ0v) is 15.2. The van der Waals surface area contributed by atoms with Crippen LogP contribution in [0.4, 0.5) is 5.69 Å². The lowest BCUT2D eigenvalue weighted by molar-refractivity contribution is 0.159. The second-order valence-electron chi connectivity index (χ2n) is 5.77. The van der Waals surface area contributed by atoms with Crippen molar-refractivity contribution < 1.29 is 0 Å². The number of benzene rings is 1. The zero-order chi connectivity index (χ0) is 15.9. The number of piperidine rings is 1. The Morgan fingerprint density at radius 3 is 2.68 bits per heavy atom. The Bertz CT molecular complexity index is 490. The predicted molar refractivity (Wildman–Crippen MR) is 100 cm³/mol. The molecule has 2 rings (SSSR count). The quantitative estimate of drug-likeness (QED) is 0.595. The van der Waals surface area contributed by atoms with Crippen LogP contribution >= 0.6 is 35.4 Å². The molecule has 1 heterocycles. The standard InChI is InChI=1S/C16H23Cl2N3S/c1-12-5-2-3-7-21(12)8-4-6-19-16(22)20-15-10-13(17)9-14(18)11-15/h9-12H,2-8H2,1H3,(H2,19,20,22)/t12-/m1/s1. The maximum absolute atomic E-state index is 5.97. The average molecular weight is 360 g/mol. The van der Waals surface area contributed by atoms with Crippen molar-refractivity contribution in [3.8, 4) is 0 Å². The van der Waals surface area contributed by atoms with Crippen molar-refractivity contribution in [3.05, 3.63) is 28.2 Å². The molecule has 1 aliphatic rings. The smallest absolute Gasteiger partial charge is 0.170 e. The molecule has 1 aromatic rings. The third-order valence-corrected chi connectivity index (χ3v) is 4.65. The second-order valence-corrected chi connectivity index (χ2v) is 7.05. The van der Waals surface area contributed by atoms with Gasteiger partial charge in [0.1, 0.15) is 0 Å². The molecule has 0 aromatic heterocycles. The number of likely N-dealkylation sites (tertiary alicyclic amines) is 1. The predicted octanol–water partition coefficient (Wildman–Crippen LogP) is 4.54. The minimum atomic E-state index is 0.594. The van der Waals surface area contributed by atoms with Crippen molar-refractivity contribution in [1.82, 2.24) is 10.2 Å². The topological polar surface area (TPSA) is 27.3 Å². The van der Waals surface area contributed by atoms with Crippen LogP contribution in [0.2, 0.25) is 10.0 Å². The molecule has 0 aliphatic carbocycles. The zero-order valence-electron chi connectivity index (χ0n) is 12.9. The minimum Gasteiger partial charge on any atom is -0.362 e. The molecule has 0 amide bonds. The number of nitrogens with one attached hydrogen (secondary N) is 2. The summed E-state index contributed by atoms with van der Waals surface area (Å²) >= 11 is 17.2. The van der Waals surface area contributed by atoms with Crippen LogP contribution in [0.15, 0.2) is 18.2 Å². The molecule has 1 aliphatic heterocycles. The summed E-state index contributed by atoms with van der Waals surface area (Å²) in [5.74, 6) is 0. The van der Waals surface area contributed by atoms with Crippen LogP contribution < -0.4 is 10.6 Å². The lowest BCUT2D eigenvalue weighted by Gasteiger charge is -2.33. The van der Waals surface area contributed by atoms with Crippen LogP contribution in [0.25, 0.3) is 0 Å². The molecule has 2 N–H and O–H groups in total. The summed E-state index contributed by atoms with van der Waals surface area (Å²) in [5, 5.41) is 8.13. The number of nitrogens with zero attached hydrogens (tertiary/aromatic N) is 1. The number of hydrogen-bond donors (Lipinski definition) is 2. The van der Waals surface area contributed by atoms with Crippen LogP contribution in [-0.2, 0) is 0 Å². The first-order chi connectivity index (χ1) is 10.5. The Kier molecular flexibility index (Phi) is 7.22. The fraction of sp³-hybridized carbons (Fsp3) is 0.562. The van der Waals surface area contributed by atoms with Crippen molar-refractivity contribution >= 4 is 46.2 Å². The first kappa shape index (κ1) is 17.8. The lowest BCUT2D eigenvalue weighted by atomic mass is 10.0. The molecule has 1 aromatic carbocycles. The Balaban J connectivity index is 1.67. The van der Waals surface area contributed by atoms with Crippen LogP contribution in [-0.4, -0.2) is 35.7 Å². The molecule has 0 saturated carbocycles. The number of anilines is 1. The van der Waals surface area contributed by atoms with Crippen LogP contribution in [0.3, 0.4) is 0 Å². The van der Waals surface area contributed by atoms with Gasteiger partial charge in [0.2, 0.25) is 0 Å². The molecule has 6 heteroatoms. The molecule has 0 spiro atoms. The highest BCUT2D eigenvalue weighted by Gasteiger charge is 2.16. The number of thiocarbonyl (C=S) groups is 1. The normalized spacial score (nSPS) is 19.0. The maximum Gasteiger partial charge on any atom is 0.170 e. The summed E-state index contributed by atoms with van der Waals surface area (Å²) in [5.41, 5.74) is 0.805. The summed E-state index contributed by atoms with van der Waals surface area (Å²) < 4.78 is 0. The van der Waals surface area contributed by atoms with Gasteiger partial charge in [0.05, 0.1) is 0 Å². The molecule has 22 heavy (non-hydrogen) atoms. The number of rotatable bonds is 5. The van der Waals surface area contributed by atoms with Gasteiger partial charge < -0.3 is 15.5 Å². The molecule has 1 fully saturated rings. The van der Waals surface area contributed by atoms with Gasteiger partial charge in [0.15, 0.2) is 5.11 Å². The largest absolute Gasteiger partial charge is 0.362 e. The van der Waals surface area contributed by atoms with Gasteiger partial charge in [-0.1, -0.05) is 29.6 Å². The van der Waals surface area contributed by atoms with Gasteiger partial charge in [-0.25, -0.2) is 0 Å². The van der Waals surface area contributed by atoms with Gasteiger partial charge in [-0.05, 0) is 63.1 Å². The molecule has 0 radical (unpaired) electrons. The SMILES string of the molecule is C[C@@H]1CCCCN1CCCNC(=S)Nc1cc(Cl)cc(Cl)c1. The Hall–Kier alpha value is -0.550. The van der Waals surface area contributed by atoms with E-state index in [1.807, 2.05) is 0 Å². The van der Waals surface area contributed by atoms with Gasteiger partial charge in [0.25, 0.3) is 0 Å². The Morgan fingerprint density at radius 1 is 1.27 bits per heavy atom. The van der Waals surface area contributed by atoms with Crippen molar-refractivity contribution in [3.63, 3.8) is 0 Å². The highest BCUT2D eigenvalue weighted by atomic mass is 35.5. The van der Waals surface area contributed by atoms with E-state index < -0.39 is 0 Å². The van der Waals surface area contributed by atoms with E-state index in [-0.39, 0.29) is 0 Å². The third-order valence-electron chi connectivity index (χ3n) is 3.97. The molecule has 1 atom stereocenters. The van der Waals surface area contributed by atoms with E-state index >= 15 is 0 Å².